The molecular weight excluding hydrogens is 329 g/mol. The summed E-state index contributed by atoms with van der Waals surface area (Å²) in [5.41, 5.74) is 4.50. The summed E-state index contributed by atoms with van der Waals surface area (Å²) in [6, 6.07) is 10.2. The Kier molecular flexibility index (Phi) is 4.12. The Morgan fingerprint density at radius 2 is 2.00 bits per heavy atom. The van der Waals surface area contributed by atoms with E-state index < -0.39 is 0 Å². The topological polar surface area (TPSA) is 50.8 Å². The highest BCUT2D eigenvalue weighted by Gasteiger charge is 2.26. The summed E-state index contributed by atoms with van der Waals surface area (Å²) in [5.74, 6) is 0.912. The highest BCUT2D eigenvalue weighted by Crippen LogP contribution is 2.37. The summed E-state index contributed by atoms with van der Waals surface area (Å²) in [7, 11) is 0. The van der Waals surface area contributed by atoms with Crippen molar-refractivity contribution in [2.45, 2.75) is 39.8 Å². The first-order valence-corrected chi connectivity index (χ1v) is 8.84. The smallest absolute Gasteiger partial charge is 0.240 e. The Morgan fingerprint density at radius 1 is 1.27 bits per heavy atom. The maximum atomic E-state index is 13.1. The summed E-state index contributed by atoms with van der Waals surface area (Å²) in [6.07, 6.45) is 2.52. The molecule has 4 nitrogen and oxygen atoms in total. The van der Waals surface area contributed by atoms with Gasteiger partial charge in [0.1, 0.15) is 29.7 Å². The molecule has 1 aliphatic carbocycles. The van der Waals surface area contributed by atoms with E-state index in [1.807, 2.05) is 6.07 Å². The Bertz CT molecular complexity index is 1010. The van der Waals surface area contributed by atoms with E-state index in [9.17, 15) is 9.65 Å². The van der Waals surface area contributed by atoms with Crippen LogP contribution in [0.2, 0.25) is 0 Å². The van der Waals surface area contributed by atoms with Gasteiger partial charge in [0.2, 0.25) is 5.88 Å². The van der Waals surface area contributed by atoms with Crippen molar-refractivity contribution >= 4 is 10.9 Å². The van der Waals surface area contributed by atoms with E-state index in [1.54, 1.807) is 12.1 Å². The number of fused-ring (bicyclic) bond motifs is 1. The highest BCUT2D eigenvalue weighted by molar-refractivity contribution is 5.89. The van der Waals surface area contributed by atoms with Gasteiger partial charge in [-0.25, -0.2) is 9.37 Å². The SMILES string of the molecule is Cc1c(C)n(CC2CC2)c2c(OCc3ccc(F)cc3)nc(C#N)cc12. The van der Waals surface area contributed by atoms with Crippen LogP contribution in [0.3, 0.4) is 0 Å². The Balaban J connectivity index is 1.77. The summed E-state index contributed by atoms with van der Waals surface area (Å²) in [6.45, 7) is 5.42. The number of rotatable bonds is 5. The molecule has 4 rings (SSSR count). The van der Waals surface area contributed by atoms with Gasteiger partial charge >= 0.3 is 0 Å². The molecule has 1 saturated carbocycles. The van der Waals surface area contributed by atoms with Crippen molar-refractivity contribution in [3.63, 3.8) is 0 Å². The minimum absolute atomic E-state index is 0.273. The molecule has 0 bridgehead atoms. The number of halogens is 1. The van der Waals surface area contributed by atoms with E-state index in [0.717, 1.165) is 28.6 Å². The van der Waals surface area contributed by atoms with Crippen molar-refractivity contribution in [2.24, 2.45) is 5.92 Å². The lowest BCUT2D eigenvalue weighted by atomic mass is 10.1. The van der Waals surface area contributed by atoms with Crippen molar-refractivity contribution in [1.29, 1.82) is 5.26 Å². The number of benzene rings is 1. The fraction of sp³-hybridized carbons (Fsp3) is 0.333. The molecule has 1 aromatic carbocycles. The first-order chi connectivity index (χ1) is 12.6. The zero-order valence-electron chi connectivity index (χ0n) is 14.9. The minimum atomic E-state index is -0.273. The molecule has 0 spiro atoms. The fourth-order valence-corrected chi connectivity index (χ4v) is 3.30. The number of hydrogen-bond acceptors (Lipinski definition) is 3. The van der Waals surface area contributed by atoms with Crippen molar-refractivity contribution in [3.05, 3.63) is 58.7 Å². The van der Waals surface area contributed by atoms with Gasteiger partial charge in [-0.2, -0.15) is 5.26 Å². The lowest BCUT2D eigenvalue weighted by Crippen LogP contribution is -2.05. The molecule has 0 N–H and O–H groups in total. The third-order valence-corrected chi connectivity index (χ3v) is 5.12. The summed E-state index contributed by atoms with van der Waals surface area (Å²) >= 11 is 0. The largest absolute Gasteiger partial charge is 0.471 e. The number of hydrogen-bond donors (Lipinski definition) is 0. The van der Waals surface area contributed by atoms with Crippen LogP contribution in [-0.4, -0.2) is 9.55 Å². The molecule has 2 heterocycles. The molecule has 26 heavy (non-hydrogen) atoms. The molecule has 0 atom stereocenters. The van der Waals surface area contributed by atoms with Gasteiger partial charge in [-0.3, -0.25) is 0 Å². The summed E-state index contributed by atoms with van der Waals surface area (Å²) < 4.78 is 21.4. The van der Waals surface area contributed by atoms with Crippen LogP contribution in [-0.2, 0) is 13.2 Å². The molecule has 0 radical (unpaired) electrons. The van der Waals surface area contributed by atoms with Crippen LogP contribution >= 0.6 is 0 Å². The maximum Gasteiger partial charge on any atom is 0.240 e. The van der Waals surface area contributed by atoms with E-state index in [2.05, 4.69) is 29.5 Å². The van der Waals surface area contributed by atoms with Gasteiger partial charge in [0, 0.05) is 17.6 Å². The van der Waals surface area contributed by atoms with E-state index in [0.29, 0.717) is 17.5 Å². The van der Waals surface area contributed by atoms with Gasteiger partial charge < -0.3 is 9.30 Å². The fourth-order valence-electron chi connectivity index (χ4n) is 3.30. The molecule has 3 aromatic rings. The molecule has 1 fully saturated rings. The number of aromatic nitrogens is 2. The van der Waals surface area contributed by atoms with Crippen LogP contribution in [0.15, 0.2) is 30.3 Å². The zero-order chi connectivity index (χ0) is 18.3. The first kappa shape index (κ1) is 16.6. The molecular formula is C21H20FN3O. The third-order valence-electron chi connectivity index (χ3n) is 5.12. The Hall–Kier alpha value is -2.87. The van der Waals surface area contributed by atoms with Crippen molar-refractivity contribution < 1.29 is 9.13 Å². The Labute approximate surface area is 151 Å². The predicted octanol–water partition coefficient (Wildman–Crippen LogP) is 4.65. The Morgan fingerprint density at radius 3 is 2.65 bits per heavy atom. The van der Waals surface area contributed by atoms with Gasteiger partial charge in [0.05, 0.1) is 0 Å². The normalized spacial score (nSPS) is 13.8. The summed E-state index contributed by atoms with van der Waals surface area (Å²) in [4.78, 5) is 4.42. The number of nitriles is 1. The van der Waals surface area contributed by atoms with Crippen molar-refractivity contribution in [2.75, 3.05) is 0 Å². The van der Waals surface area contributed by atoms with Crippen molar-refractivity contribution in [3.8, 4) is 11.9 Å². The molecule has 0 saturated heterocycles. The zero-order valence-corrected chi connectivity index (χ0v) is 14.9. The van der Waals surface area contributed by atoms with Crippen LogP contribution in [0.1, 0.15) is 35.4 Å². The number of nitrogens with zero attached hydrogens (tertiary/aromatic N) is 3. The van der Waals surface area contributed by atoms with Crippen LogP contribution in [0.25, 0.3) is 10.9 Å². The van der Waals surface area contributed by atoms with Gasteiger partial charge in [-0.15, -0.1) is 0 Å². The van der Waals surface area contributed by atoms with E-state index in [4.69, 9.17) is 4.74 Å². The van der Waals surface area contributed by atoms with E-state index in [1.165, 1.54) is 30.7 Å². The van der Waals surface area contributed by atoms with Gasteiger partial charge in [0.25, 0.3) is 0 Å². The summed E-state index contributed by atoms with van der Waals surface area (Å²) in [5, 5.41) is 10.4. The number of ether oxygens (including phenoxy) is 1. The number of aryl methyl sites for hydroxylation is 1. The average molecular weight is 349 g/mol. The van der Waals surface area contributed by atoms with Crippen LogP contribution in [0, 0.1) is 36.9 Å². The molecule has 5 heteroatoms. The minimum Gasteiger partial charge on any atom is -0.471 e. The molecule has 132 valence electrons. The highest BCUT2D eigenvalue weighted by atomic mass is 19.1. The molecule has 1 aliphatic rings. The third kappa shape index (κ3) is 3.03. The van der Waals surface area contributed by atoms with Crippen LogP contribution in [0.5, 0.6) is 5.88 Å². The second-order valence-electron chi connectivity index (χ2n) is 7.00. The quantitative estimate of drug-likeness (QED) is 0.673. The van der Waals surface area contributed by atoms with E-state index >= 15 is 0 Å². The molecule has 0 amide bonds. The second-order valence-corrected chi connectivity index (χ2v) is 7.00. The van der Waals surface area contributed by atoms with Crippen molar-refractivity contribution in [1.82, 2.24) is 9.55 Å². The standard InChI is InChI=1S/C21H20FN3O/c1-13-14(2)25(11-15-3-4-15)20-19(13)9-18(10-23)24-21(20)26-12-16-5-7-17(22)8-6-16/h5-9,15H,3-4,11-12H2,1-2H3. The lowest BCUT2D eigenvalue weighted by Gasteiger charge is -2.12. The second kappa shape index (κ2) is 6.45. The lowest BCUT2D eigenvalue weighted by molar-refractivity contribution is 0.296. The molecule has 0 aliphatic heterocycles. The van der Waals surface area contributed by atoms with Gasteiger partial charge in [-0.1, -0.05) is 12.1 Å². The maximum absolute atomic E-state index is 13.1. The molecule has 2 aromatic heterocycles. The van der Waals surface area contributed by atoms with Gasteiger partial charge in [0.15, 0.2) is 0 Å². The molecule has 0 unspecified atom stereocenters. The van der Waals surface area contributed by atoms with Gasteiger partial charge in [-0.05, 0) is 61.9 Å². The predicted molar refractivity (Wildman–Crippen MR) is 97.4 cm³/mol. The van der Waals surface area contributed by atoms with E-state index in [-0.39, 0.29) is 12.4 Å². The first-order valence-electron chi connectivity index (χ1n) is 8.84. The monoisotopic (exact) mass is 349 g/mol. The van der Waals surface area contributed by atoms with Crippen LogP contribution < -0.4 is 4.74 Å². The van der Waals surface area contributed by atoms with Crippen LogP contribution in [0.4, 0.5) is 4.39 Å². The average Bonchev–Trinajstić information content (AvgIpc) is 3.44. The number of pyridine rings is 1.